The van der Waals surface area contributed by atoms with E-state index in [1.165, 1.54) is 11.3 Å². The molecule has 0 amide bonds. The summed E-state index contributed by atoms with van der Waals surface area (Å²) in [5.74, 6) is 0. The molecular formula is C5H4IN3OS. The van der Waals surface area contributed by atoms with Crippen molar-refractivity contribution in [2.75, 3.05) is 11.5 Å². The lowest BCUT2D eigenvalue weighted by molar-refractivity contribution is 0.576. The number of fused-ring (bicyclic) bond motifs is 1. The first-order valence-corrected chi connectivity index (χ1v) is 4.68. The zero-order valence-corrected chi connectivity index (χ0v) is 8.27. The molecule has 6 heteroatoms. The number of hydrogen-bond acceptors (Lipinski definition) is 5. The number of anilines is 2. The van der Waals surface area contributed by atoms with Gasteiger partial charge in [-0.3, -0.25) is 0 Å². The maximum atomic E-state index is 5.67. The number of furan rings is 1. The summed E-state index contributed by atoms with van der Waals surface area (Å²) in [7, 11) is 0. The minimum absolute atomic E-state index is 0.488. The first-order chi connectivity index (χ1) is 5.18. The van der Waals surface area contributed by atoms with Crippen LogP contribution in [0.2, 0.25) is 0 Å². The number of aromatic nitrogens is 1. The Hall–Kier alpha value is -0.500. The fourth-order valence-electron chi connectivity index (χ4n) is 0.790. The molecule has 0 aromatic carbocycles. The Morgan fingerprint density at radius 3 is 2.82 bits per heavy atom. The van der Waals surface area contributed by atoms with Crippen LogP contribution in [0.4, 0.5) is 10.8 Å². The number of nitrogen functional groups attached to an aromatic ring is 2. The highest BCUT2D eigenvalue weighted by molar-refractivity contribution is 14.1. The predicted molar refractivity (Wildman–Crippen MR) is 53.4 cm³/mol. The maximum Gasteiger partial charge on any atom is 0.242 e. The minimum Gasteiger partial charge on any atom is -0.429 e. The van der Waals surface area contributed by atoms with Gasteiger partial charge in [0.15, 0.2) is 8.90 Å². The quantitative estimate of drug-likeness (QED) is 0.720. The lowest BCUT2D eigenvalue weighted by atomic mass is 10.5. The number of nitrogens with zero attached hydrogens (tertiary/aromatic N) is 1. The van der Waals surface area contributed by atoms with Gasteiger partial charge in [-0.05, 0) is 0 Å². The fourth-order valence-corrected chi connectivity index (χ4v) is 2.17. The van der Waals surface area contributed by atoms with Crippen LogP contribution >= 0.6 is 33.9 Å². The van der Waals surface area contributed by atoms with E-state index in [0.717, 1.165) is 4.70 Å². The van der Waals surface area contributed by atoms with Crippen molar-refractivity contribution in [3.8, 4) is 0 Å². The van der Waals surface area contributed by atoms with Crippen molar-refractivity contribution in [2.24, 2.45) is 0 Å². The normalized spacial score (nSPS) is 11.0. The van der Waals surface area contributed by atoms with E-state index in [2.05, 4.69) is 4.98 Å². The van der Waals surface area contributed by atoms with E-state index < -0.39 is 0 Å². The van der Waals surface area contributed by atoms with Crippen molar-refractivity contribution in [1.29, 1.82) is 0 Å². The number of thiazole rings is 1. The Balaban J connectivity index is 2.88. The van der Waals surface area contributed by atoms with E-state index in [-0.39, 0.29) is 0 Å². The highest BCUT2D eigenvalue weighted by Crippen LogP contribution is 2.34. The molecule has 0 atom stereocenters. The molecule has 2 aromatic rings. The first-order valence-electron chi connectivity index (χ1n) is 2.78. The molecule has 2 heterocycles. The summed E-state index contributed by atoms with van der Waals surface area (Å²) in [6.07, 6.45) is 0. The van der Waals surface area contributed by atoms with Crippen molar-refractivity contribution in [3.63, 3.8) is 0 Å². The zero-order chi connectivity index (χ0) is 8.01. The van der Waals surface area contributed by atoms with E-state index in [9.17, 15) is 0 Å². The van der Waals surface area contributed by atoms with Crippen LogP contribution in [0.5, 0.6) is 0 Å². The molecule has 0 saturated heterocycles. The zero-order valence-electron chi connectivity index (χ0n) is 5.30. The summed E-state index contributed by atoms with van der Waals surface area (Å²) >= 11 is 3.36. The molecule has 0 radical (unpaired) electrons. The van der Waals surface area contributed by atoms with Crippen molar-refractivity contribution in [1.82, 2.24) is 4.98 Å². The van der Waals surface area contributed by atoms with Gasteiger partial charge in [-0.1, -0.05) is 11.3 Å². The number of halogens is 1. The van der Waals surface area contributed by atoms with Crippen LogP contribution in [-0.2, 0) is 0 Å². The van der Waals surface area contributed by atoms with E-state index in [4.69, 9.17) is 15.9 Å². The molecule has 58 valence electrons. The average molecular weight is 281 g/mol. The summed E-state index contributed by atoms with van der Waals surface area (Å²) in [6, 6.07) is 0. The minimum atomic E-state index is 0.488. The van der Waals surface area contributed by atoms with Crippen LogP contribution in [0.25, 0.3) is 10.4 Å². The van der Waals surface area contributed by atoms with Gasteiger partial charge in [-0.25, -0.2) is 0 Å². The molecular weight excluding hydrogens is 277 g/mol. The molecule has 2 rings (SSSR count). The largest absolute Gasteiger partial charge is 0.429 e. The molecule has 0 aliphatic rings. The van der Waals surface area contributed by atoms with Gasteiger partial charge in [-0.2, -0.15) is 4.98 Å². The van der Waals surface area contributed by atoms with E-state index in [1.54, 1.807) is 0 Å². The van der Waals surface area contributed by atoms with Crippen LogP contribution in [-0.4, -0.2) is 4.98 Å². The lowest BCUT2D eigenvalue weighted by Gasteiger charge is -1.82. The van der Waals surface area contributed by atoms with Gasteiger partial charge in [-0.15, -0.1) is 0 Å². The summed E-state index contributed by atoms with van der Waals surface area (Å²) in [4.78, 5) is 3.94. The Morgan fingerprint density at radius 2 is 2.18 bits per heavy atom. The molecule has 4 nitrogen and oxygen atoms in total. The topological polar surface area (TPSA) is 78.1 Å². The molecule has 0 bridgehead atoms. The van der Waals surface area contributed by atoms with E-state index in [0.29, 0.717) is 20.3 Å². The van der Waals surface area contributed by atoms with Crippen molar-refractivity contribution in [2.45, 2.75) is 0 Å². The van der Waals surface area contributed by atoms with Gasteiger partial charge in [0.1, 0.15) is 10.4 Å². The molecule has 0 unspecified atom stereocenters. The van der Waals surface area contributed by atoms with Crippen LogP contribution in [0.15, 0.2) is 4.42 Å². The molecule has 0 aliphatic heterocycles. The molecule has 0 fully saturated rings. The summed E-state index contributed by atoms with van der Waals surface area (Å²) in [6.45, 7) is 0. The molecule has 0 saturated carbocycles. The van der Waals surface area contributed by atoms with Crippen LogP contribution in [0.1, 0.15) is 0 Å². The Kier molecular flexibility index (Phi) is 1.46. The predicted octanol–water partition coefficient (Wildman–Crippen LogP) is 1.66. The molecule has 11 heavy (non-hydrogen) atoms. The molecule has 4 N–H and O–H groups in total. The van der Waals surface area contributed by atoms with Crippen molar-refractivity contribution in [3.05, 3.63) is 3.77 Å². The monoisotopic (exact) mass is 281 g/mol. The second kappa shape index (κ2) is 2.24. The number of rotatable bonds is 0. The van der Waals surface area contributed by atoms with Gasteiger partial charge >= 0.3 is 0 Å². The fraction of sp³-hybridized carbons (Fsp3) is 0. The van der Waals surface area contributed by atoms with Crippen molar-refractivity contribution >= 4 is 55.2 Å². The van der Waals surface area contributed by atoms with Crippen LogP contribution in [0, 0.1) is 3.77 Å². The third-order valence-electron chi connectivity index (χ3n) is 1.26. The molecule has 0 spiro atoms. The van der Waals surface area contributed by atoms with Crippen LogP contribution < -0.4 is 11.5 Å². The van der Waals surface area contributed by atoms with E-state index >= 15 is 0 Å². The highest BCUT2D eigenvalue weighted by Gasteiger charge is 2.12. The van der Waals surface area contributed by atoms with Gasteiger partial charge < -0.3 is 15.9 Å². The maximum absolute atomic E-state index is 5.67. The molecule has 2 aromatic heterocycles. The van der Waals surface area contributed by atoms with Crippen LogP contribution in [0.3, 0.4) is 0 Å². The molecule has 0 aliphatic carbocycles. The van der Waals surface area contributed by atoms with E-state index in [1.807, 2.05) is 22.6 Å². The smallest absolute Gasteiger partial charge is 0.242 e. The second-order valence-electron chi connectivity index (χ2n) is 1.98. The summed E-state index contributed by atoms with van der Waals surface area (Å²) in [5, 5.41) is 0.488. The summed E-state index contributed by atoms with van der Waals surface area (Å²) < 4.78 is 6.72. The number of hydrogen-bond donors (Lipinski definition) is 2. The Bertz CT molecular complexity index is 407. The Morgan fingerprint density at radius 1 is 1.45 bits per heavy atom. The lowest BCUT2D eigenvalue weighted by Crippen LogP contribution is -1.82. The van der Waals surface area contributed by atoms with Gasteiger partial charge in [0.05, 0.1) is 0 Å². The standard InChI is InChI=1S/C5H4IN3OS/c6-3-1(7)2-4(10-3)9-5(8)11-2/h7H2,(H2,8,9). The summed E-state index contributed by atoms with van der Waals surface area (Å²) in [5.41, 5.74) is 12.3. The number of nitrogens with two attached hydrogens (primary N) is 2. The Labute approximate surface area is 79.7 Å². The highest BCUT2D eigenvalue weighted by atomic mass is 127. The van der Waals surface area contributed by atoms with Gasteiger partial charge in [0.2, 0.25) is 5.71 Å². The average Bonchev–Trinajstić information content (AvgIpc) is 2.37. The second-order valence-corrected chi connectivity index (χ2v) is 3.99. The SMILES string of the molecule is Nc1nc2oc(I)c(N)c2s1. The first kappa shape index (κ1) is 7.17. The third-order valence-corrected chi connectivity index (χ3v) is 2.96. The van der Waals surface area contributed by atoms with Gasteiger partial charge in [0.25, 0.3) is 0 Å². The van der Waals surface area contributed by atoms with Crippen molar-refractivity contribution < 1.29 is 4.42 Å². The third kappa shape index (κ3) is 0.968. The van der Waals surface area contributed by atoms with Gasteiger partial charge in [0, 0.05) is 22.6 Å².